The van der Waals surface area contributed by atoms with E-state index >= 15 is 0 Å². The Hall–Kier alpha value is -2.13. The van der Waals surface area contributed by atoms with E-state index in [-0.39, 0.29) is 0 Å². The van der Waals surface area contributed by atoms with Crippen molar-refractivity contribution in [1.82, 2.24) is 9.78 Å². The number of nitrogens with two attached hydrogens (primary N) is 1. The van der Waals surface area contributed by atoms with Gasteiger partial charge in [-0.1, -0.05) is 6.07 Å². The van der Waals surface area contributed by atoms with Gasteiger partial charge in [0.05, 0.1) is 12.8 Å². The Balaban J connectivity index is 2.57. The van der Waals surface area contributed by atoms with Gasteiger partial charge in [-0.2, -0.15) is 10.4 Å². The molecule has 5 nitrogen and oxygen atoms in total. The van der Waals surface area contributed by atoms with Crippen LogP contribution in [0.25, 0.3) is 5.69 Å². The molecule has 0 spiro atoms. The molecule has 2 rings (SSSR count). The van der Waals surface area contributed by atoms with Crippen LogP contribution in [0.3, 0.4) is 0 Å². The van der Waals surface area contributed by atoms with Gasteiger partial charge >= 0.3 is 0 Å². The standard InChI is InChI=1S/C12H12N4OS/c1-17-9-5-3-4-8(6-9)16-11(14)10(7-13)12(15-16)18-2/h3-6H,14H2,1-2H3. The van der Waals surface area contributed by atoms with Crippen LogP contribution in [0.5, 0.6) is 5.75 Å². The van der Waals surface area contributed by atoms with Crippen LogP contribution in [-0.4, -0.2) is 23.1 Å². The lowest BCUT2D eigenvalue weighted by Crippen LogP contribution is -2.02. The van der Waals surface area contributed by atoms with Crippen LogP contribution in [0, 0.1) is 11.3 Å². The average molecular weight is 260 g/mol. The zero-order valence-electron chi connectivity index (χ0n) is 10.0. The van der Waals surface area contributed by atoms with Crippen molar-refractivity contribution in [2.24, 2.45) is 0 Å². The summed E-state index contributed by atoms with van der Waals surface area (Å²) >= 11 is 1.39. The zero-order valence-corrected chi connectivity index (χ0v) is 10.9. The number of hydrogen-bond donors (Lipinski definition) is 1. The summed E-state index contributed by atoms with van der Waals surface area (Å²) in [7, 11) is 1.60. The van der Waals surface area contributed by atoms with E-state index in [0.717, 1.165) is 5.69 Å². The lowest BCUT2D eigenvalue weighted by atomic mass is 10.3. The lowest BCUT2D eigenvalue weighted by Gasteiger charge is -2.05. The van der Waals surface area contributed by atoms with Crippen LogP contribution in [0.4, 0.5) is 5.82 Å². The third kappa shape index (κ3) is 2.00. The van der Waals surface area contributed by atoms with Gasteiger partial charge in [-0.25, -0.2) is 4.68 Å². The molecule has 0 unspecified atom stereocenters. The fraction of sp³-hybridized carbons (Fsp3) is 0.167. The number of aromatic nitrogens is 2. The van der Waals surface area contributed by atoms with Gasteiger partial charge in [-0.15, -0.1) is 11.8 Å². The molecular formula is C12H12N4OS. The number of benzene rings is 1. The summed E-state index contributed by atoms with van der Waals surface area (Å²) in [6.07, 6.45) is 1.86. The first-order valence-corrected chi connectivity index (χ1v) is 6.40. The lowest BCUT2D eigenvalue weighted by molar-refractivity contribution is 0.414. The topological polar surface area (TPSA) is 76.9 Å². The Bertz CT molecular complexity index is 615. The van der Waals surface area contributed by atoms with E-state index in [0.29, 0.717) is 22.2 Å². The molecule has 0 saturated heterocycles. The SMILES string of the molecule is COc1cccc(-n2nc(SC)c(C#N)c2N)c1. The Morgan fingerprint density at radius 1 is 1.50 bits per heavy atom. The highest BCUT2D eigenvalue weighted by atomic mass is 32.2. The number of thioether (sulfide) groups is 1. The quantitative estimate of drug-likeness (QED) is 0.855. The van der Waals surface area contributed by atoms with Gasteiger partial charge in [-0.05, 0) is 18.4 Å². The molecule has 2 N–H and O–H groups in total. The summed E-state index contributed by atoms with van der Waals surface area (Å²) in [5, 5.41) is 14.0. The highest BCUT2D eigenvalue weighted by Crippen LogP contribution is 2.27. The Kier molecular flexibility index (Phi) is 3.44. The van der Waals surface area contributed by atoms with Crippen LogP contribution in [0.1, 0.15) is 5.56 Å². The number of nitrogens with zero attached hydrogens (tertiary/aromatic N) is 3. The van der Waals surface area contributed by atoms with Crippen LogP contribution in [0.15, 0.2) is 29.3 Å². The minimum absolute atomic E-state index is 0.343. The summed E-state index contributed by atoms with van der Waals surface area (Å²) in [5.41, 5.74) is 7.11. The van der Waals surface area contributed by atoms with Crippen LogP contribution < -0.4 is 10.5 Å². The first-order chi connectivity index (χ1) is 8.71. The normalized spacial score (nSPS) is 10.1. The third-order valence-electron chi connectivity index (χ3n) is 2.49. The second-order valence-electron chi connectivity index (χ2n) is 3.49. The average Bonchev–Trinajstić information content (AvgIpc) is 2.75. The molecule has 18 heavy (non-hydrogen) atoms. The number of methoxy groups -OCH3 is 1. The fourth-order valence-electron chi connectivity index (χ4n) is 1.60. The van der Waals surface area contributed by atoms with Crippen molar-refractivity contribution in [1.29, 1.82) is 5.26 Å². The molecule has 0 atom stereocenters. The van der Waals surface area contributed by atoms with E-state index in [4.69, 9.17) is 15.7 Å². The highest BCUT2D eigenvalue weighted by Gasteiger charge is 2.15. The fourth-order valence-corrected chi connectivity index (χ4v) is 2.11. The maximum Gasteiger partial charge on any atom is 0.146 e. The minimum Gasteiger partial charge on any atom is -0.497 e. The predicted molar refractivity (Wildman–Crippen MR) is 71.0 cm³/mol. The molecule has 1 aromatic carbocycles. The van der Waals surface area contributed by atoms with Gasteiger partial charge < -0.3 is 10.5 Å². The highest BCUT2D eigenvalue weighted by molar-refractivity contribution is 7.98. The second-order valence-corrected chi connectivity index (χ2v) is 4.29. The Morgan fingerprint density at radius 3 is 2.83 bits per heavy atom. The summed E-state index contributed by atoms with van der Waals surface area (Å²) in [6.45, 7) is 0. The van der Waals surface area contributed by atoms with E-state index < -0.39 is 0 Å². The predicted octanol–water partition coefficient (Wildman–Crippen LogP) is 2.06. The monoisotopic (exact) mass is 260 g/mol. The van der Waals surface area contributed by atoms with E-state index in [1.165, 1.54) is 11.8 Å². The molecule has 1 aromatic heterocycles. The molecule has 6 heteroatoms. The van der Waals surface area contributed by atoms with E-state index in [1.54, 1.807) is 11.8 Å². The molecule has 0 aliphatic carbocycles. The van der Waals surface area contributed by atoms with Gasteiger partial charge in [0.15, 0.2) is 0 Å². The molecule has 1 heterocycles. The van der Waals surface area contributed by atoms with E-state index in [2.05, 4.69) is 11.2 Å². The largest absolute Gasteiger partial charge is 0.497 e. The number of nitriles is 1. The van der Waals surface area contributed by atoms with E-state index in [1.807, 2.05) is 30.5 Å². The molecular weight excluding hydrogens is 248 g/mol. The van der Waals surface area contributed by atoms with Gasteiger partial charge in [0.1, 0.15) is 28.2 Å². The van der Waals surface area contributed by atoms with Crippen molar-refractivity contribution in [2.45, 2.75) is 5.03 Å². The second kappa shape index (κ2) is 5.02. The molecule has 0 amide bonds. The van der Waals surface area contributed by atoms with Crippen LogP contribution in [0.2, 0.25) is 0 Å². The molecule has 92 valence electrons. The van der Waals surface area contributed by atoms with Crippen molar-refractivity contribution >= 4 is 17.6 Å². The van der Waals surface area contributed by atoms with Gasteiger partial charge in [0, 0.05) is 6.07 Å². The van der Waals surface area contributed by atoms with Crippen LogP contribution >= 0.6 is 11.8 Å². The molecule has 0 aliphatic heterocycles. The Labute approximate surface area is 109 Å². The smallest absolute Gasteiger partial charge is 0.146 e. The molecule has 0 radical (unpaired) electrons. The van der Waals surface area contributed by atoms with Crippen molar-refractivity contribution in [3.8, 4) is 17.5 Å². The van der Waals surface area contributed by atoms with E-state index in [9.17, 15) is 0 Å². The molecule has 2 aromatic rings. The number of rotatable bonds is 3. The van der Waals surface area contributed by atoms with Crippen molar-refractivity contribution < 1.29 is 4.74 Å². The van der Waals surface area contributed by atoms with Crippen molar-refractivity contribution in [3.63, 3.8) is 0 Å². The Morgan fingerprint density at radius 2 is 2.28 bits per heavy atom. The first kappa shape index (κ1) is 12.3. The summed E-state index contributed by atoms with van der Waals surface area (Å²) < 4.78 is 6.70. The maximum absolute atomic E-state index is 9.07. The maximum atomic E-state index is 9.07. The number of ether oxygens (including phenoxy) is 1. The molecule has 0 fully saturated rings. The summed E-state index contributed by atoms with van der Waals surface area (Å²) in [4.78, 5) is 0. The first-order valence-electron chi connectivity index (χ1n) is 5.18. The number of anilines is 1. The van der Waals surface area contributed by atoms with Gasteiger partial charge in [0.2, 0.25) is 0 Å². The third-order valence-corrected chi connectivity index (χ3v) is 3.16. The van der Waals surface area contributed by atoms with Gasteiger partial charge in [-0.3, -0.25) is 0 Å². The van der Waals surface area contributed by atoms with Crippen LogP contribution in [-0.2, 0) is 0 Å². The number of nitrogen functional groups attached to an aromatic ring is 1. The molecule has 0 bridgehead atoms. The molecule has 0 aliphatic rings. The van der Waals surface area contributed by atoms with Gasteiger partial charge in [0.25, 0.3) is 0 Å². The van der Waals surface area contributed by atoms with Crippen molar-refractivity contribution in [2.75, 3.05) is 19.1 Å². The summed E-state index contributed by atoms with van der Waals surface area (Å²) in [6, 6.07) is 9.43. The zero-order chi connectivity index (χ0) is 13.1. The van der Waals surface area contributed by atoms with Crippen molar-refractivity contribution in [3.05, 3.63) is 29.8 Å². The minimum atomic E-state index is 0.343. The molecule has 0 saturated carbocycles. The summed E-state index contributed by atoms with van der Waals surface area (Å²) in [5.74, 6) is 1.06. The number of hydrogen-bond acceptors (Lipinski definition) is 5.